The lowest BCUT2D eigenvalue weighted by Gasteiger charge is -2.20. The first kappa shape index (κ1) is 17.5. The third-order valence-electron chi connectivity index (χ3n) is 4.33. The molecule has 26 heavy (non-hydrogen) atoms. The summed E-state index contributed by atoms with van der Waals surface area (Å²) in [5.41, 5.74) is 8.59. The molecule has 1 aromatic carbocycles. The largest absolute Gasteiger partial charge is 0.496 e. The van der Waals surface area contributed by atoms with E-state index in [1.807, 2.05) is 24.3 Å². The Balaban J connectivity index is 1.81. The van der Waals surface area contributed by atoms with Crippen LogP contribution in [0.3, 0.4) is 0 Å². The van der Waals surface area contributed by atoms with E-state index in [0.717, 1.165) is 11.3 Å². The van der Waals surface area contributed by atoms with Crippen LogP contribution in [0.15, 0.2) is 48.9 Å². The predicted octanol–water partition coefficient (Wildman–Crippen LogP) is 2.48. The highest BCUT2D eigenvalue weighted by atomic mass is 16.5. The summed E-state index contributed by atoms with van der Waals surface area (Å²) in [6.45, 7) is 1.78. The van der Waals surface area contributed by atoms with Gasteiger partial charge in [0.25, 0.3) is 0 Å². The third-order valence-corrected chi connectivity index (χ3v) is 4.33. The molecule has 0 unspecified atom stereocenters. The van der Waals surface area contributed by atoms with Crippen molar-refractivity contribution in [3.8, 4) is 5.75 Å². The Labute approximate surface area is 152 Å². The molecule has 0 radical (unpaired) electrons. The van der Waals surface area contributed by atoms with Gasteiger partial charge in [-0.25, -0.2) is 4.79 Å². The summed E-state index contributed by atoms with van der Waals surface area (Å²) in [4.78, 5) is 20.4. The molecule has 1 saturated heterocycles. The molecule has 0 bridgehead atoms. The van der Waals surface area contributed by atoms with Gasteiger partial charge in [0.05, 0.1) is 7.11 Å². The summed E-state index contributed by atoms with van der Waals surface area (Å²) in [5, 5.41) is 7.45. The fraction of sp³-hybridized carbons (Fsp3) is 0.211. The number of amides is 2. The van der Waals surface area contributed by atoms with Crippen molar-refractivity contribution in [1.82, 2.24) is 9.88 Å². The first-order valence-corrected chi connectivity index (χ1v) is 8.24. The molecule has 1 fully saturated rings. The van der Waals surface area contributed by atoms with E-state index in [1.54, 1.807) is 35.4 Å². The summed E-state index contributed by atoms with van der Waals surface area (Å²) < 4.78 is 5.43. The van der Waals surface area contributed by atoms with Crippen LogP contribution < -0.4 is 15.4 Å². The standard InChI is InChI=1S/C19H21N5O2/c1-26-18-9-16(4-5-17(18)15(10-20)11-21)24-8-7-23(19(24)25)13-14-3-2-6-22-12-14/h2-6,9-12,20H,7-8,13,21H2,1H3/b15-11+,20-10?. The number of pyridine rings is 1. The van der Waals surface area contributed by atoms with Crippen LogP contribution in [-0.4, -0.2) is 42.3 Å². The zero-order chi connectivity index (χ0) is 18.5. The number of nitrogens with two attached hydrogens (primary N) is 1. The maximum absolute atomic E-state index is 12.8. The van der Waals surface area contributed by atoms with Crippen molar-refractivity contribution in [1.29, 1.82) is 5.41 Å². The number of methoxy groups -OCH3 is 1. The molecule has 1 aliphatic heterocycles. The number of hydrogen-bond donors (Lipinski definition) is 2. The number of benzene rings is 1. The van der Waals surface area contributed by atoms with Gasteiger partial charge in [-0.3, -0.25) is 9.88 Å². The molecule has 0 atom stereocenters. The maximum Gasteiger partial charge on any atom is 0.324 e. The van der Waals surface area contributed by atoms with E-state index in [2.05, 4.69) is 4.98 Å². The molecule has 0 aliphatic carbocycles. The molecule has 1 aromatic heterocycles. The summed E-state index contributed by atoms with van der Waals surface area (Å²) in [7, 11) is 1.56. The highest BCUT2D eigenvalue weighted by molar-refractivity contribution is 6.09. The molecule has 2 amide bonds. The number of hydrogen-bond acceptors (Lipinski definition) is 5. The number of carbonyl (C=O) groups excluding carboxylic acids is 1. The van der Waals surface area contributed by atoms with Crippen molar-refractivity contribution in [2.45, 2.75) is 6.54 Å². The lowest BCUT2D eigenvalue weighted by molar-refractivity contribution is 0.218. The molecule has 7 nitrogen and oxygen atoms in total. The minimum absolute atomic E-state index is 0.0506. The Morgan fingerprint density at radius 2 is 2.23 bits per heavy atom. The van der Waals surface area contributed by atoms with Crippen LogP contribution in [0.4, 0.5) is 10.5 Å². The second-order valence-corrected chi connectivity index (χ2v) is 5.87. The van der Waals surface area contributed by atoms with Crippen LogP contribution >= 0.6 is 0 Å². The maximum atomic E-state index is 12.8. The van der Waals surface area contributed by atoms with E-state index >= 15 is 0 Å². The number of aromatic nitrogens is 1. The quantitative estimate of drug-likeness (QED) is 0.782. The average Bonchev–Trinajstić information content (AvgIpc) is 3.04. The van der Waals surface area contributed by atoms with Crippen LogP contribution in [0.25, 0.3) is 5.57 Å². The zero-order valence-electron chi connectivity index (χ0n) is 14.6. The van der Waals surface area contributed by atoms with Crippen molar-refractivity contribution in [2.75, 3.05) is 25.1 Å². The first-order valence-electron chi connectivity index (χ1n) is 8.24. The van der Waals surface area contributed by atoms with E-state index < -0.39 is 0 Å². The van der Waals surface area contributed by atoms with Crippen LogP contribution in [0.2, 0.25) is 0 Å². The van der Waals surface area contributed by atoms with Crippen molar-refractivity contribution >= 4 is 23.5 Å². The van der Waals surface area contributed by atoms with Gasteiger partial charge in [0, 0.05) is 67.3 Å². The topological polar surface area (TPSA) is 95.5 Å². The van der Waals surface area contributed by atoms with Crippen molar-refractivity contribution in [2.24, 2.45) is 5.73 Å². The van der Waals surface area contributed by atoms with Gasteiger partial charge in [-0.15, -0.1) is 0 Å². The first-order chi connectivity index (χ1) is 12.7. The van der Waals surface area contributed by atoms with Gasteiger partial charge in [0.1, 0.15) is 5.75 Å². The minimum atomic E-state index is -0.0506. The van der Waals surface area contributed by atoms with Crippen LogP contribution in [0.5, 0.6) is 5.75 Å². The molecule has 3 N–H and O–H groups in total. The van der Waals surface area contributed by atoms with Gasteiger partial charge in [0.2, 0.25) is 0 Å². The normalized spacial score (nSPS) is 14.7. The number of carbonyl (C=O) groups is 1. The monoisotopic (exact) mass is 351 g/mol. The zero-order valence-corrected chi connectivity index (χ0v) is 14.6. The van der Waals surface area contributed by atoms with Gasteiger partial charge in [-0.05, 0) is 23.8 Å². The second-order valence-electron chi connectivity index (χ2n) is 5.87. The Morgan fingerprint density at radius 1 is 1.38 bits per heavy atom. The van der Waals surface area contributed by atoms with Gasteiger partial charge in [0.15, 0.2) is 0 Å². The van der Waals surface area contributed by atoms with Crippen LogP contribution in [0.1, 0.15) is 11.1 Å². The van der Waals surface area contributed by atoms with E-state index in [1.165, 1.54) is 12.4 Å². The smallest absolute Gasteiger partial charge is 0.324 e. The highest BCUT2D eigenvalue weighted by Gasteiger charge is 2.30. The van der Waals surface area contributed by atoms with Gasteiger partial charge in [-0.1, -0.05) is 6.07 Å². The van der Waals surface area contributed by atoms with E-state index in [9.17, 15) is 4.79 Å². The van der Waals surface area contributed by atoms with Gasteiger partial charge in [-0.2, -0.15) is 0 Å². The van der Waals surface area contributed by atoms with E-state index in [4.69, 9.17) is 15.9 Å². The number of ether oxygens (including phenoxy) is 1. The minimum Gasteiger partial charge on any atom is -0.496 e. The molecule has 0 saturated carbocycles. The number of urea groups is 1. The van der Waals surface area contributed by atoms with Crippen molar-refractivity contribution < 1.29 is 9.53 Å². The summed E-state index contributed by atoms with van der Waals surface area (Å²) in [6.07, 6.45) is 6.02. The SMILES string of the molecule is COc1cc(N2CCN(Cc3cccnc3)C2=O)ccc1/C(C=N)=C/N. The Bertz CT molecular complexity index is 835. The number of allylic oxidation sites excluding steroid dienone is 1. The molecule has 2 aromatic rings. The number of nitrogens with zero attached hydrogens (tertiary/aromatic N) is 3. The Morgan fingerprint density at radius 3 is 2.88 bits per heavy atom. The predicted molar refractivity (Wildman–Crippen MR) is 101 cm³/mol. The lowest BCUT2D eigenvalue weighted by atomic mass is 10.1. The van der Waals surface area contributed by atoms with Gasteiger partial charge < -0.3 is 20.8 Å². The molecule has 2 heterocycles. The van der Waals surface area contributed by atoms with Gasteiger partial charge >= 0.3 is 6.03 Å². The van der Waals surface area contributed by atoms with Crippen LogP contribution in [0, 0.1) is 5.41 Å². The molecular formula is C19H21N5O2. The fourth-order valence-electron chi connectivity index (χ4n) is 2.98. The van der Waals surface area contributed by atoms with Crippen molar-refractivity contribution in [3.63, 3.8) is 0 Å². The molecular weight excluding hydrogens is 330 g/mol. The molecule has 0 spiro atoms. The fourth-order valence-corrected chi connectivity index (χ4v) is 2.98. The summed E-state index contributed by atoms with van der Waals surface area (Å²) in [5.74, 6) is 0.571. The Hall–Kier alpha value is -3.35. The summed E-state index contributed by atoms with van der Waals surface area (Å²) >= 11 is 0. The highest BCUT2D eigenvalue weighted by Crippen LogP contribution is 2.31. The van der Waals surface area contributed by atoms with Crippen LogP contribution in [-0.2, 0) is 6.54 Å². The van der Waals surface area contributed by atoms with E-state index in [-0.39, 0.29) is 6.03 Å². The second kappa shape index (κ2) is 7.69. The average molecular weight is 351 g/mol. The molecule has 3 rings (SSSR count). The molecule has 134 valence electrons. The van der Waals surface area contributed by atoms with E-state index in [0.29, 0.717) is 36.5 Å². The lowest BCUT2D eigenvalue weighted by Crippen LogP contribution is -2.31. The number of nitrogens with one attached hydrogen (secondary N) is 1. The number of anilines is 1. The van der Waals surface area contributed by atoms with Crippen molar-refractivity contribution in [3.05, 3.63) is 60.1 Å². The summed E-state index contributed by atoms with van der Waals surface area (Å²) in [6, 6.07) is 9.23. The third kappa shape index (κ3) is 3.37. The molecule has 7 heteroatoms. The molecule has 1 aliphatic rings. The Kier molecular flexibility index (Phi) is 5.17. The number of rotatable bonds is 6.